The maximum Gasteiger partial charge on any atom is 0.255 e. The average Bonchev–Trinajstić information content (AvgIpc) is 2.69. The molecule has 4 aliphatic rings. The zero-order valence-corrected chi connectivity index (χ0v) is 18.6. The van der Waals surface area contributed by atoms with Crippen molar-refractivity contribution in [2.45, 2.75) is 56.9 Å². The second kappa shape index (κ2) is 7.52. The van der Waals surface area contributed by atoms with Crippen molar-refractivity contribution in [3.05, 3.63) is 28.8 Å². The van der Waals surface area contributed by atoms with Crippen molar-refractivity contribution in [2.75, 3.05) is 33.9 Å². The Morgan fingerprint density at radius 3 is 2.83 bits per heavy atom. The number of piperidine rings is 1. The van der Waals surface area contributed by atoms with E-state index in [2.05, 4.69) is 23.3 Å². The summed E-state index contributed by atoms with van der Waals surface area (Å²) < 4.78 is 5.66. The molecule has 0 spiro atoms. The Kier molecular flexibility index (Phi) is 5.10. The van der Waals surface area contributed by atoms with Crippen LogP contribution < -0.4 is 5.32 Å². The summed E-state index contributed by atoms with van der Waals surface area (Å²) in [6, 6.07) is 4.51. The summed E-state index contributed by atoms with van der Waals surface area (Å²) >= 11 is 0. The minimum Gasteiger partial charge on any atom is -0.507 e. The van der Waals surface area contributed by atoms with Crippen LogP contribution in [0.2, 0.25) is 0 Å². The number of phenolic OH excluding ortho intramolecular Hbond substituents is 1. The monoisotopic (exact) mass is 412 g/mol. The molecule has 1 aromatic rings. The van der Waals surface area contributed by atoms with E-state index in [-0.39, 0.29) is 17.1 Å². The zero-order valence-electron chi connectivity index (χ0n) is 18.6. The molecular formula is C25H36N2O3. The van der Waals surface area contributed by atoms with Gasteiger partial charge in [-0.3, -0.25) is 4.79 Å². The molecule has 3 fully saturated rings. The van der Waals surface area contributed by atoms with Crippen molar-refractivity contribution in [1.29, 1.82) is 0 Å². The van der Waals surface area contributed by atoms with Crippen LogP contribution in [-0.4, -0.2) is 55.8 Å². The van der Waals surface area contributed by atoms with Crippen LogP contribution in [0, 0.1) is 23.7 Å². The van der Waals surface area contributed by atoms with Crippen molar-refractivity contribution in [3.63, 3.8) is 0 Å². The number of likely N-dealkylation sites (tertiary alicyclic amines) is 1. The Morgan fingerprint density at radius 1 is 1.33 bits per heavy atom. The van der Waals surface area contributed by atoms with E-state index < -0.39 is 0 Å². The van der Waals surface area contributed by atoms with Crippen LogP contribution in [0.5, 0.6) is 5.75 Å². The standard InChI is InChI=1S/C25H36N2O3/c1-4-10-26-24(29)19-6-5-15-12-20-22-18-8-7-17(18)16(14-30-3)13-25(22,9-11-27(20)2)21(15)23(19)28/h5-6,16-18,20,22,28H,4,7-14H2,1-3H3,(H,26,29). The summed E-state index contributed by atoms with van der Waals surface area (Å²) in [6.45, 7) is 4.55. The van der Waals surface area contributed by atoms with E-state index in [0.717, 1.165) is 56.2 Å². The minimum atomic E-state index is -0.147. The number of nitrogens with zero attached hydrogens (tertiary/aromatic N) is 1. The van der Waals surface area contributed by atoms with Gasteiger partial charge >= 0.3 is 0 Å². The lowest BCUT2D eigenvalue weighted by Gasteiger charge is -2.67. The van der Waals surface area contributed by atoms with Gasteiger partial charge in [0.1, 0.15) is 5.75 Å². The molecule has 5 rings (SSSR count). The van der Waals surface area contributed by atoms with E-state index in [0.29, 0.717) is 30.0 Å². The van der Waals surface area contributed by atoms with Crippen LogP contribution in [-0.2, 0) is 16.6 Å². The van der Waals surface area contributed by atoms with Gasteiger partial charge in [0, 0.05) is 37.3 Å². The minimum absolute atomic E-state index is 0.0271. The molecule has 3 aliphatic carbocycles. The molecule has 1 aliphatic heterocycles. The molecule has 1 saturated heterocycles. The largest absolute Gasteiger partial charge is 0.507 e. The summed E-state index contributed by atoms with van der Waals surface area (Å²) in [7, 11) is 4.10. The lowest BCUT2D eigenvalue weighted by atomic mass is 9.41. The molecule has 30 heavy (non-hydrogen) atoms. The number of hydrogen-bond donors (Lipinski definition) is 2. The maximum atomic E-state index is 12.8. The lowest BCUT2D eigenvalue weighted by Crippen LogP contribution is -2.67. The average molecular weight is 413 g/mol. The topological polar surface area (TPSA) is 61.8 Å². The van der Waals surface area contributed by atoms with E-state index in [1.165, 1.54) is 18.4 Å². The van der Waals surface area contributed by atoms with Gasteiger partial charge in [-0.2, -0.15) is 0 Å². The summed E-state index contributed by atoms with van der Waals surface area (Å²) in [5, 5.41) is 14.5. The molecule has 1 heterocycles. The summed E-state index contributed by atoms with van der Waals surface area (Å²) in [6.07, 6.45) is 6.64. The number of aromatic hydroxyl groups is 1. The quantitative estimate of drug-likeness (QED) is 0.779. The van der Waals surface area contributed by atoms with Gasteiger partial charge in [-0.15, -0.1) is 0 Å². The molecule has 6 unspecified atom stereocenters. The highest BCUT2D eigenvalue weighted by atomic mass is 16.5. The Labute approximate surface area is 180 Å². The molecule has 164 valence electrons. The summed E-state index contributed by atoms with van der Waals surface area (Å²) in [5.41, 5.74) is 2.78. The predicted octanol–water partition coefficient (Wildman–Crippen LogP) is 3.34. The van der Waals surface area contributed by atoms with Crippen molar-refractivity contribution in [1.82, 2.24) is 10.2 Å². The van der Waals surface area contributed by atoms with E-state index in [9.17, 15) is 9.90 Å². The lowest BCUT2D eigenvalue weighted by molar-refractivity contribution is -0.131. The van der Waals surface area contributed by atoms with Gasteiger partial charge in [0.2, 0.25) is 0 Å². The SMILES string of the molecule is CCCNC(=O)c1ccc2c(c1O)C13CCN(C)C(C2)C1C1CCC1C(COC)C3. The van der Waals surface area contributed by atoms with Crippen molar-refractivity contribution in [2.24, 2.45) is 23.7 Å². The van der Waals surface area contributed by atoms with E-state index in [1.807, 2.05) is 20.1 Å². The second-order valence-corrected chi connectivity index (χ2v) is 10.3. The normalized spacial score (nSPS) is 36.8. The Balaban J connectivity index is 1.63. The maximum absolute atomic E-state index is 12.8. The van der Waals surface area contributed by atoms with E-state index in [1.54, 1.807) is 0 Å². The molecule has 2 saturated carbocycles. The van der Waals surface area contributed by atoms with Gasteiger partial charge in [-0.05, 0) is 87.4 Å². The number of hydrogen-bond acceptors (Lipinski definition) is 4. The number of carbonyl (C=O) groups excluding carboxylic acids is 1. The van der Waals surface area contributed by atoms with Crippen molar-refractivity contribution < 1.29 is 14.6 Å². The number of nitrogens with one attached hydrogen (secondary N) is 1. The number of phenols is 1. The van der Waals surface area contributed by atoms with Crippen LogP contribution in [0.25, 0.3) is 0 Å². The third-order valence-electron chi connectivity index (χ3n) is 8.96. The molecule has 6 atom stereocenters. The third-order valence-corrected chi connectivity index (χ3v) is 8.96. The third kappa shape index (κ3) is 2.77. The van der Waals surface area contributed by atoms with Crippen molar-refractivity contribution >= 4 is 5.91 Å². The summed E-state index contributed by atoms with van der Waals surface area (Å²) in [5.74, 6) is 2.72. The van der Waals surface area contributed by atoms with Crippen LogP contribution in [0.4, 0.5) is 0 Å². The number of fused-ring (bicyclic) bond motifs is 2. The molecule has 0 radical (unpaired) electrons. The first kappa shape index (κ1) is 20.3. The number of likely N-dealkylation sites (N-methyl/N-ethyl adjacent to an activating group) is 1. The first-order valence-electron chi connectivity index (χ1n) is 11.8. The van der Waals surface area contributed by atoms with E-state index >= 15 is 0 Å². The van der Waals surface area contributed by atoms with Gasteiger partial charge < -0.3 is 20.1 Å². The van der Waals surface area contributed by atoms with Gasteiger partial charge in [0.05, 0.1) is 5.56 Å². The predicted molar refractivity (Wildman–Crippen MR) is 117 cm³/mol. The number of rotatable bonds is 5. The first-order valence-corrected chi connectivity index (χ1v) is 11.8. The zero-order chi connectivity index (χ0) is 21.0. The van der Waals surface area contributed by atoms with Gasteiger partial charge in [0.25, 0.3) is 5.91 Å². The highest BCUT2D eigenvalue weighted by molar-refractivity contribution is 5.97. The number of ether oxygens (including phenoxy) is 1. The highest BCUT2D eigenvalue weighted by Crippen LogP contribution is 2.66. The number of amides is 1. The molecule has 5 heteroatoms. The fourth-order valence-corrected chi connectivity index (χ4v) is 7.66. The van der Waals surface area contributed by atoms with Crippen LogP contribution in [0.1, 0.15) is 60.5 Å². The van der Waals surface area contributed by atoms with Crippen LogP contribution >= 0.6 is 0 Å². The number of benzene rings is 1. The fraction of sp³-hybridized carbons (Fsp3) is 0.720. The molecular weight excluding hydrogens is 376 g/mol. The van der Waals surface area contributed by atoms with Crippen LogP contribution in [0.15, 0.2) is 12.1 Å². The second-order valence-electron chi connectivity index (χ2n) is 10.3. The molecule has 2 bridgehead atoms. The van der Waals surface area contributed by atoms with Gasteiger partial charge in [0.15, 0.2) is 0 Å². The van der Waals surface area contributed by atoms with Gasteiger partial charge in [-0.25, -0.2) is 0 Å². The molecule has 2 N–H and O–H groups in total. The highest BCUT2D eigenvalue weighted by Gasteiger charge is 2.63. The molecule has 0 aromatic heterocycles. The van der Waals surface area contributed by atoms with Crippen LogP contribution in [0.3, 0.4) is 0 Å². The molecule has 1 amide bonds. The Morgan fingerprint density at radius 2 is 2.13 bits per heavy atom. The summed E-state index contributed by atoms with van der Waals surface area (Å²) in [4.78, 5) is 15.4. The van der Waals surface area contributed by atoms with E-state index in [4.69, 9.17) is 4.74 Å². The number of carbonyl (C=O) groups is 1. The molecule has 5 nitrogen and oxygen atoms in total. The van der Waals surface area contributed by atoms with Gasteiger partial charge in [-0.1, -0.05) is 13.0 Å². The number of methoxy groups -OCH3 is 1. The first-order chi connectivity index (χ1) is 14.5. The molecule has 1 aromatic carbocycles. The fourth-order valence-electron chi connectivity index (χ4n) is 7.66. The Hall–Kier alpha value is -1.59. The van der Waals surface area contributed by atoms with Crippen molar-refractivity contribution in [3.8, 4) is 5.75 Å². The Bertz CT molecular complexity index is 840. The smallest absolute Gasteiger partial charge is 0.255 e.